The molecule has 1 aliphatic rings. The molecule has 9 heteroatoms. The lowest BCUT2D eigenvalue weighted by atomic mass is 10.1. The number of furan rings is 1. The Morgan fingerprint density at radius 3 is 2.57 bits per heavy atom. The standard InChI is InChI=1S/C14H20F3N3O3/c1-10-2-3-12(23-10)11(20-4-6-22-7-5-20)8-18-13(21)19-9-14(15,16)17/h2-3,11H,4-9H2,1H3,(H2,18,19,21)/t11-/m0/s1. The lowest BCUT2D eigenvalue weighted by Gasteiger charge is -2.33. The molecule has 2 amide bonds. The molecule has 2 heterocycles. The van der Waals surface area contributed by atoms with E-state index in [9.17, 15) is 18.0 Å². The van der Waals surface area contributed by atoms with Crippen molar-refractivity contribution in [2.75, 3.05) is 39.4 Å². The number of amides is 2. The lowest BCUT2D eigenvalue weighted by Crippen LogP contribution is -2.47. The van der Waals surface area contributed by atoms with Gasteiger partial charge in [0, 0.05) is 19.6 Å². The van der Waals surface area contributed by atoms with E-state index < -0.39 is 18.8 Å². The number of morpholine rings is 1. The third-order valence-electron chi connectivity index (χ3n) is 3.48. The van der Waals surface area contributed by atoms with E-state index in [1.54, 1.807) is 5.32 Å². The predicted octanol–water partition coefficient (Wildman–Crippen LogP) is 1.82. The molecule has 6 nitrogen and oxygen atoms in total. The number of ether oxygens (including phenoxy) is 1. The maximum Gasteiger partial charge on any atom is 0.405 e. The summed E-state index contributed by atoms with van der Waals surface area (Å²) in [6.45, 7) is 3.06. The molecule has 0 bridgehead atoms. The molecule has 0 spiro atoms. The van der Waals surface area contributed by atoms with Crippen molar-refractivity contribution < 1.29 is 27.1 Å². The summed E-state index contributed by atoms with van der Waals surface area (Å²) in [6.07, 6.45) is -4.43. The van der Waals surface area contributed by atoms with Crippen LogP contribution in [0, 0.1) is 6.92 Å². The van der Waals surface area contributed by atoms with Crippen LogP contribution in [0.3, 0.4) is 0 Å². The Bertz CT molecular complexity index is 513. The fourth-order valence-electron chi connectivity index (χ4n) is 2.36. The van der Waals surface area contributed by atoms with Gasteiger partial charge in [-0.2, -0.15) is 13.2 Å². The summed E-state index contributed by atoms with van der Waals surface area (Å²) in [7, 11) is 0. The van der Waals surface area contributed by atoms with Crippen molar-refractivity contribution in [3.8, 4) is 0 Å². The first-order valence-corrected chi connectivity index (χ1v) is 7.32. The van der Waals surface area contributed by atoms with Crippen molar-refractivity contribution in [1.29, 1.82) is 0 Å². The van der Waals surface area contributed by atoms with Gasteiger partial charge in [0.05, 0.1) is 19.3 Å². The zero-order valence-corrected chi connectivity index (χ0v) is 12.8. The second-order valence-electron chi connectivity index (χ2n) is 5.29. The van der Waals surface area contributed by atoms with Gasteiger partial charge in [0.15, 0.2) is 0 Å². The van der Waals surface area contributed by atoms with Gasteiger partial charge in [0.2, 0.25) is 0 Å². The number of aryl methyl sites for hydroxylation is 1. The Morgan fingerprint density at radius 2 is 2.00 bits per heavy atom. The minimum Gasteiger partial charge on any atom is -0.465 e. The van der Waals surface area contributed by atoms with E-state index in [4.69, 9.17) is 9.15 Å². The Kier molecular flexibility index (Phi) is 5.89. The van der Waals surface area contributed by atoms with Crippen LogP contribution in [0.4, 0.5) is 18.0 Å². The highest BCUT2D eigenvalue weighted by Crippen LogP contribution is 2.23. The highest BCUT2D eigenvalue weighted by molar-refractivity contribution is 5.73. The Hall–Kier alpha value is -1.74. The van der Waals surface area contributed by atoms with Crippen molar-refractivity contribution in [1.82, 2.24) is 15.5 Å². The summed E-state index contributed by atoms with van der Waals surface area (Å²) in [6, 6.07) is 2.52. The maximum absolute atomic E-state index is 12.1. The second-order valence-corrected chi connectivity index (χ2v) is 5.29. The van der Waals surface area contributed by atoms with Crippen molar-refractivity contribution in [2.24, 2.45) is 0 Å². The number of rotatable bonds is 5. The first kappa shape index (κ1) is 17.6. The van der Waals surface area contributed by atoms with Gasteiger partial charge in [-0.25, -0.2) is 4.79 Å². The van der Waals surface area contributed by atoms with Crippen LogP contribution in [0.1, 0.15) is 17.6 Å². The number of urea groups is 1. The van der Waals surface area contributed by atoms with Gasteiger partial charge in [-0.05, 0) is 19.1 Å². The SMILES string of the molecule is Cc1ccc([C@H](CNC(=O)NCC(F)(F)F)N2CCOCC2)o1. The van der Waals surface area contributed by atoms with Gasteiger partial charge in [-0.1, -0.05) is 0 Å². The molecular weight excluding hydrogens is 315 g/mol. The molecule has 1 saturated heterocycles. The Balaban J connectivity index is 1.93. The molecule has 1 aliphatic heterocycles. The number of nitrogens with zero attached hydrogens (tertiary/aromatic N) is 1. The minimum atomic E-state index is -4.43. The van der Waals surface area contributed by atoms with Gasteiger partial charge in [0.25, 0.3) is 0 Å². The largest absolute Gasteiger partial charge is 0.465 e. The highest BCUT2D eigenvalue weighted by atomic mass is 19.4. The van der Waals surface area contributed by atoms with Crippen LogP contribution in [0.25, 0.3) is 0 Å². The predicted molar refractivity (Wildman–Crippen MR) is 76.0 cm³/mol. The van der Waals surface area contributed by atoms with Crippen LogP contribution in [-0.2, 0) is 4.74 Å². The zero-order chi connectivity index (χ0) is 16.9. The fraction of sp³-hybridized carbons (Fsp3) is 0.643. The zero-order valence-electron chi connectivity index (χ0n) is 12.8. The van der Waals surface area contributed by atoms with Gasteiger partial charge in [-0.3, -0.25) is 4.90 Å². The molecule has 1 aromatic heterocycles. The van der Waals surface area contributed by atoms with Crippen LogP contribution in [-0.4, -0.2) is 56.5 Å². The van der Waals surface area contributed by atoms with E-state index in [1.165, 1.54) is 0 Å². The molecular formula is C14H20F3N3O3. The number of nitrogens with one attached hydrogen (secondary N) is 2. The highest BCUT2D eigenvalue weighted by Gasteiger charge is 2.29. The normalized spacial score (nSPS) is 17.7. The van der Waals surface area contributed by atoms with E-state index in [1.807, 2.05) is 19.1 Å². The fourth-order valence-corrected chi connectivity index (χ4v) is 2.36. The van der Waals surface area contributed by atoms with Crippen LogP contribution in [0.15, 0.2) is 16.5 Å². The van der Waals surface area contributed by atoms with Crippen molar-refractivity contribution in [3.05, 3.63) is 23.7 Å². The molecule has 1 atom stereocenters. The molecule has 130 valence electrons. The molecule has 1 fully saturated rings. The topological polar surface area (TPSA) is 66.7 Å². The van der Waals surface area contributed by atoms with Crippen molar-refractivity contribution in [2.45, 2.75) is 19.1 Å². The first-order valence-electron chi connectivity index (χ1n) is 7.32. The number of hydrogen-bond acceptors (Lipinski definition) is 4. The number of halogens is 3. The maximum atomic E-state index is 12.1. The van der Waals surface area contributed by atoms with E-state index in [-0.39, 0.29) is 12.6 Å². The summed E-state index contributed by atoms with van der Waals surface area (Å²) in [5, 5.41) is 4.26. The summed E-state index contributed by atoms with van der Waals surface area (Å²) in [4.78, 5) is 13.6. The number of hydrogen-bond donors (Lipinski definition) is 2. The van der Waals surface area contributed by atoms with Gasteiger partial charge in [0.1, 0.15) is 18.1 Å². The number of carbonyl (C=O) groups excluding carboxylic acids is 1. The third-order valence-corrected chi connectivity index (χ3v) is 3.48. The minimum absolute atomic E-state index is 0.149. The average Bonchev–Trinajstić information content (AvgIpc) is 2.92. The molecule has 1 aromatic rings. The summed E-state index contributed by atoms with van der Waals surface area (Å²) < 4.78 is 47.2. The number of carbonyl (C=O) groups is 1. The molecule has 0 unspecified atom stereocenters. The monoisotopic (exact) mass is 335 g/mol. The van der Waals surface area contributed by atoms with E-state index in [0.29, 0.717) is 32.1 Å². The molecule has 2 rings (SSSR count). The summed E-state index contributed by atoms with van der Waals surface area (Å²) in [5.74, 6) is 1.40. The van der Waals surface area contributed by atoms with E-state index in [0.717, 1.165) is 5.76 Å². The number of alkyl halides is 3. The van der Waals surface area contributed by atoms with Gasteiger partial charge in [-0.15, -0.1) is 0 Å². The van der Waals surface area contributed by atoms with Gasteiger partial charge < -0.3 is 19.8 Å². The average molecular weight is 335 g/mol. The molecule has 0 saturated carbocycles. The molecule has 23 heavy (non-hydrogen) atoms. The summed E-state index contributed by atoms with van der Waals surface area (Å²) in [5.41, 5.74) is 0. The quantitative estimate of drug-likeness (QED) is 0.861. The summed E-state index contributed by atoms with van der Waals surface area (Å²) >= 11 is 0. The molecule has 0 radical (unpaired) electrons. The Labute approximate surface area is 132 Å². The van der Waals surface area contributed by atoms with E-state index >= 15 is 0 Å². The third kappa shape index (κ3) is 5.76. The molecule has 2 N–H and O–H groups in total. The van der Waals surface area contributed by atoms with Crippen LogP contribution in [0.2, 0.25) is 0 Å². The van der Waals surface area contributed by atoms with Crippen molar-refractivity contribution in [3.63, 3.8) is 0 Å². The lowest BCUT2D eigenvalue weighted by molar-refractivity contribution is -0.122. The Morgan fingerprint density at radius 1 is 1.30 bits per heavy atom. The smallest absolute Gasteiger partial charge is 0.405 e. The second kappa shape index (κ2) is 7.69. The van der Waals surface area contributed by atoms with Crippen LogP contribution < -0.4 is 10.6 Å². The van der Waals surface area contributed by atoms with Crippen molar-refractivity contribution >= 4 is 6.03 Å². The van der Waals surface area contributed by atoms with E-state index in [2.05, 4.69) is 10.2 Å². The first-order chi connectivity index (χ1) is 10.8. The molecule has 0 aliphatic carbocycles. The van der Waals surface area contributed by atoms with Crippen LogP contribution >= 0.6 is 0 Å². The van der Waals surface area contributed by atoms with Gasteiger partial charge >= 0.3 is 12.2 Å². The molecule has 0 aromatic carbocycles. The van der Waals surface area contributed by atoms with Crippen LogP contribution in [0.5, 0.6) is 0 Å².